The first-order valence-electron chi connectivity index (χ1n) is 7.26. The van der Waals surface area contributed by atoms with Crippen LogP contribution in [-0.2, 0) is 0 Å². The summed E-state index contributed by atoms with van der Waals surface area (Å²) in [5, 5.41) is 10.5. The Morgan fingerprint density at radius 3 is 2.70 bits per heavy atom. The van der Waals surface area contributed by atoms with Gasteiger partial charge in [0.15, 0.2) is 0 Å². The smallest absolute Gasteiger partial charge is 0.274 e. The lowest BCUT2D eigenvalue weighted by Gasteiger charge is -2.25. The Bertz CT molecular complexity index is 707. The highest BCUT2D eigenvalue weighted by Gasteiger charge is 2.35. The number of halogens is 2. The highest BCUT2D eigenvalue weighted by Crippen LogP contribution is 2.31. The first-order valence-corrected chi connectivity index (χ1v) is 7.64. The summed E-state index contributed by atoms with van der Waals surface area (Å²) in [4.78, 5) is 21.9. The number of carbonyl (C=O) groups excluding carboxylic acids is 1. The lowest BCUT2D eigenvalue weighted by Crippen LogP contribution is -2.37. The van der Waals surface area contributed by atoms with Crippen molar-refractivity contribution in [3.8, 4) is 0 Å². The van der Waals surface area contributed by atoms with Crippen LogP contribution in [-0.4, -0.2) is 38.5 Å². The van der Waals surface area contributed by atoms with Crippen molar-refractivity contribution in [3.63, 3.8) is 0 Å². The van der Waals surface area contributed by atoms with Crippen LogP contribution in [0.2, 0.25) is 5.02 Å². The van der Waals surface area contributed by atoms with Gasteiger partial charge in [-0.2, -0.15) is 0 Å². The average molecular weight is 336 g/mol. The van der Waals surface area contributed by atoms with Crippen molar-refractivity contribution >= 4 is 17.5 Å². The van der Waals surface area contributed by atoms with E-state index in [0.29, 0.717) is 5.56 Å². The average Bonchev–Trinajstić information content (AvgIpc) is 3.37. The van der Waals surface area contributed by atoms with Crippen LogP contribution >= 0.6 is 11.6 Å². The number of aromatic nitrogens is 2. The number of hydrogen-bond acceptors (Lipinski definition) is 4. The number of benzene rings is 1. The second-order valence-electron chi connectivity index (χ2n) is 5.48. The van der Waals surface area contributed by atoms with Crippen LogP contribution in [0.15, 0.2) is 36.8 Å². The third-order valence-corrected chi connectivity index (χ3v) is 4.02. The second-order valence-corrected chi connectivity index (χ2v) is 5.88. The van der Waals surface area contributed by atoms with Gasteiger partial charge in [-0.15, -0.1) is 0 Å². The molecule has 1 N–H and O–H groups in total. The van der Waals surface area contributed by atoms with E-state index < -0.39 is 6.10 Å². The largest absolute Gasteiger partial charge is 0.387 e. The molecular formula is C16H15ClFN3O2. The molecule has 0 bridgehead atoms. The minimum Gasteiger partial charge on any atom is -0.387 e. The summed E-state index contributed by atoms with van der Waals surface area (Å²) in [6.07, 6.45) is 3.49. The molecule has 1 aromatic carbocycles. The van der Waals surface area contributed by atoms with E-state index in [9.17, 15) is 14.3 Å². The van der Waals surface area contributed by atoms with Crippen molar-refractivity contribution in [2.45, 2.75) is 25.0 Å². The van der Waals surface area contributed by atoms with Crippen LogP contribution in [0.25, 0.3) is 0 Å². The van der Waals surface area contributed by atoms with E-state index in [0.717, 1.165) is 12.8 Å². The summed E-state index contributed by atoms with van der Waals surface area (Å²) in [5.41, 5.74) is 0.679. The van der Waals surface area contributed by atoms with Gasteiger partial charge in [0, 0.05) is 12.2 Å². The Morgan fingerprint density at radius 2 is 2.09 bits per heavy atom. The Hall–Kier alpha value is -2.05. The Labute approximate surface area is 137 Å². The zero-order valence-corrected chi connectivity index (χ0v) is 12.9. The quantitative estimate of drug-likeness (QED) is 0.912. The first kappa shape index (κ1) is 15.8. The zero-order chi connectivity index (χ0) is 16.4. The standard InChI is InChI=1S/C16H15ClFN3O2/c17-13-7-19-9-20-15(13)16(23)21(12-5-6-12)8-14(22)10-1-3-11(18)4-2-10/h1-4,7,9,12,14,22H,5-6,8H2. The lowest BCUT2D eigenvalue weighted by atomic mass is 10.1. The topological polar surface area (TPSA) is 66.3 Å². The molecule has 1 aliphatic rings. The molecule has 1 aromatic heterocycles. The van der Waals surface area contributed by atoms with Crippen molar-refractivity contribution in [3.05, 3.63) is 58.9 Å². The molecule has 1 amide bonds. The van der Waals surface area contributed by atoms with E-state index in [1.807, 2.05) is 0 Å². The van der Waals surface area contributed by atoms with Gasteiger partial charge < -0.3 is 10.0 Å². The van der Waals surface area contributed by atoms with E-state index in [-0.39, 0.29) is 35.0 Å². The van der Waals surface area contributed by atoms with E-state index in [2.05, 4.69) is 9.97 Å². The number of rotatable bonds is 5. The number of nitrogens with zero attached hydrogens (tertiary/aromatic N) is 3. The summed E-state index contributed by atoms with van der Waals surface area (Å²) in [6.45, 7) is 0.107. The normalized spacial score (nSPS) is 15.3. The lowest BCUT2D eigenvalue weighted by molar-refractivity contribution is 0.0597. The molecule has 1 unspecified atom stereocenters. The monoisotopic (exact) mass is 335 g/mol. The molecule has 1 saturated carbocycles. The van der Waals surface area contributed by atoms with Crippen LogP contribution < -0.4 is 0 Å². The molecule has 120 valence electrons. The Balaban J connectivity index is 1.78. The predicted octanol–water partition coefficient (Wildman–Crippen LogP) is 2.61. The fourth-order valence-corrected chi connectivity index (χ4v) is 2.55. The Kier molecular flexibility index (Phi) is 4.54. The Morgan fingerprint density at radius 1 is 1.39 bits per heavy atom. The van der Waals surface area contributed by atoms with Gasteiger partial charge in [-0.3, -0.25) is 4.79 Å². The summed E-state index contributed by atoms with van der Waals surface area (Å²) in [7, 11) is 0. The highest BCUT2D eigenvalue weighted by atomic mass is 35.5. The van der Waals surface area contributed by atoms with Gasteiger partial charge in [-0.25, -0.2) is 14.4 Å². The summed E-state index contributed by atoms with van der Waals surface area (Å²) in [6, 6.07) is 5.65. The summed E-state index contributed by atoms with van der Waals surface area (Å²) < 4.78 is 13.0. The van der Waals surface area contributed by atoms with E-state index >= 15 is 0 Å². The van der Waals surface area contributed by atoms with Crippen LogP contribution in [0.3, 0.4) is 0 Å². The van der Waals surface area contributed by atoms with Gasteiger partial charge in [0.2, 0.25) is 0 Å². The van der Waals surface area contributed by atoms with E-state index in [4.69, 9.17) is 11.6 Å². The molecule has 0 saturated heterocycles. The van der Waals surface area contributed by atoms with Crippen LogP contribution in [0.1, 0.15) is 35.0 Å². The molecule has 1 aliphatic carbocycles. The molecule has 1 atom stereocenters. The molecule has 2 aromatic rings. The fourth-order valence-electron chi connectivity index (χ4n) is 2.37. The maximum absolute atomic E-state index is 13.0. The molecule has 1 fully saturated rings. The van der Waals surface area contributed by atoms with Crippen molar-refractivity contribution in [1.82, 2.24) is 14.9 Å². The van der Waals surface area contributed by atoms with Gasteiger partial charge in [-0.1, -0.05) is 23.7 Å². The minimum absolute atomic E-state index is 0.0728. The predicted molar refractivity (Wildman–Crippen MR) is 82.5 cm³/mol. The molecular weight excluding hydrogens is 321 g/mol. The van der Waals surface area contributed by atoms with Crippen molar-refractivity contribution < 1.29 is 14.3 Å². The molecule has 0 spiro atoms. The molecule has 5 nitrogen and oxygen atoms in total. The number of carbonyl (C=O) groups is 1. The van der Waals surface area contributed by atoms with Crippen molar-refractivity contribution in [1.29, 1.82) is 0 Å². The molecule has 0 aliphatic heterocycles. The van der Waals surface area contributed by atoms with Gasteiger partial charge in [-0.05, 0) is 30.5 Å². The summed E-state index contributed by atoms with van der Waals surface area (Å²) >= 11 is 5.98. The zero-order valence-electron chi connectivity index (χ0n) is 12.2. The van der Waals surface area contributed by atoms with Gasteiger partial charge in [0.05, 0.1) is 17.7 Å². The third-order valence-electron chi connectivity index (χ3n) is 3.74. The maximum atomic E-state index is 13.0. The molecule has 0 radical (unpaired) electrons. The minimum atomic E-state index is -0.902. The molecule has 1 heterocycles. The number of hydrogen-bond donors (Lipinski definition) is 1. The first-order chi connectivity index (χ1) is 11.1. The summed E-state index contributed by atoms with van der Waals surface area (Å²) in [5.74, 6) is -0.704. The second kappa shape index (κ2) is 6.60. The molecule has 23 heavy (non-hydrogen) atoms. The SMILES string of the molecule is O=C(c1ncncc1Cl)N(CC(O)c1ccc(F)cc1)C1CC1. The van der Waals surface area contributed by atoms with Gasteiger partial charge in [0.25, 0.3) is 5.91 Å². The van der Waals surface area contributed by atoms with Crippen molar-refractivity contribution in [2.75, 3.05) is 6.54 Å². The van der Waals surface area contributed by atoms with Gasteiger partial charge >= 0.3 is 0 Å². The third kappa shape index (κ3) is 3.65. The fraction of sp³-hybridized carbons (Fsp3) is 0.312. The molecule has 3 rings (SSSR count). The van der Waals surface area contributed by atoms with Gasteiger partial charge in [0.1, 0.15) is 17.8 Å². The van der Waals surface area contributed by atoms with E-state index in [1.165, 1.54) is 36.8 Å². The van der Waals surface area contributed by atoms with Crippen LogP contribution in [0.4, 0.5) is 4.39 Å². The van der Waals surface area contributed by atoms with E-state index in [1.54, 1.807) is 4.90 Å². The highest BCUT2D eigenvalue weighted by molar-refractivity contribution is 6.33. The molecule has 7 heteroatoms. The number of aliphatic hydroxyl groups excluding tert-OH is 1. The van der Waals surface area contributed by atoms with Crippen molar-refractivity contribution in [2.24, 2.45) is 0 Å². The van der Waals surface area contributed by atoms with Crippen LogP contribution in [0.5, 0.6) is 0 Å². The number of amides is 1. The van der Waals surface area contributed by atoms with Crippen LogP contribution in [0, 0.1) is 5.82 Å². The maximum Gasteiger partial charge on any atom is 0.274 e. The number of aliphatic hydroxyl groups is 1.